The van der Waals surface area contributed by atoms with Gasteiger partial charge in [-0.3, -0.25) is 0 Å². The first kappa shape index (κ1) is 15.6. The van der Waals surface area contributed by atoms with Crippen LogP contribution >= 0.6 is 0 Å². The second-order valence-corrected chi connectivity index (χ2v) is 6.57. The Morgan fingerprint density at radius 3 is 2.30 bits per heavy atom. The van der Waals surface area contributed by atoms with Gasteiger partial charge >= 0.3 is 0 Å². The van der Waals surface area contributed by atoms with E-state index in [4.69, 9.17) is 0 Å². The third-order valence-corrected chi connectivity index (χ3v) is 4.89. The highest BCUT2D eigenvalue weighted by Gasteiger charge is 2.21. The lowest BCUT2D eigenvalue weighted by Crippen LogP contribution is -2.36. The van der Waals surface area contributed by atoms with E-state index >= 15 is 0 Å². The van der Waals surface area contributed by atoms with E-state index in [-0.39, 0.29) is 0 Å². The Kier molecular flexibility index (Phi) is 6.09. The molecule has 1 unspecified atom stereocenters. The molecule has 0 amide bonds. The molecule has 1 aromatic rings. The summed E-state index contributed by atoms with van der Waals surface area (Å²) in [4.78, 5) is 0. The Balaban J connectivity index is 1.88. The van der Waals surface area contributed by atoms with E-state index in [0.717, 1.165) is 5.92 Å². The molecule has 1 nitrogen and oxygen atoms in total. The Morgan fingerprint density at radius 1 is 1.05 bits per heavy atom. The Hall–Kier alpha value is -0.820. The van der Waals surface area contributed by atoms with Crippen molar-refractivity contribution < 1.29 is 0 Å². The standard InChI is InChI=1S/C19H31N/c1-4-8-17-11-13-19(14-12-17)16(3)20-15(2)18-9-6-5-7-10-18/h11-16,18,20H,4-10H2,1-3H3/t15-,16?/m1/s1. The van der Waals surface area contributed by atoms with Gasteiger partial charge in [-0.25, -0.2) is 0 Å². The highest BCUT2D eigenvalue weighted by atomic mass is 14.9. The molecule has 1 N–H and O–H groups in total. The molecule has 1 aliphatic rings. The third kappa shape index (κ3) is 4.34. The highest BCUT2D eigenvalue weighted by molar-refractivity contribution is 5.24. The summed E-state index contributed by atoms with van der Waals surface area (Å²) in [5.74, 6) is 0.880. The van der Waals surface area contributed by atoms with Gasteiger partial charge in [0.05, 0.1) is 0 Å². The van der Waals surface area contributed by atoms with Crippen LogP contribution in [0.5, 0.6) is 0 Å². The SMILES string of the molecule is CCCc1ccc(C(C)N[C@H](C)C2CCCCC2)cc1. The zero-order valence-corrected chi connectivity index (χ0v) is 13.5. The molecule has 0 heterocycles. The van der Waals surface area contributed by atoms with Crippen molar-refractivity contribution in [3.8, 4) is 0 Å². The van der Waals surface area contributed by atoms with E-state index in [1.54, 1.807) is 0 Å². The second kappa shape index (κ2) is 7.83. The average molecular weight is 273 g/mol. The molecular weight excluding hydrogens is 242 g/mol. The van der Waals surface area contributed by atoms with Crippen LogP contribution < -0.4 is 5.32 Å². The fraction of sp³-hybridized carbons (Fsp3) is 0.684. The summed E-state index contributed by atoms with van der Waals surface area (Å²) < 4.78 is 0. The van der Waals surface area contributed by atoms with Crippen molar-refractivity contribution in [2.45, 2.75) is 77.8 Å². The molecule has 1 aliphatic carbocycles. The maximum Gasteiger partial charge on any atom is 0.0294 e. The largest absolute Gasteiger partial charge is 0.307 e. The molecule has 20 heavy (non-hydrogen) atoms. The van der Waals surface area contributed by atoms with Crippen LogP contribution in [0.3, 0.4) is 0 Å². The van der Waals surface area contributed by atoms with Crippen LogP contribution in [0.15, 0.2) is 24.3 Å². The number of nitrogens with one attached hydrogen (secondary N) is 1. The van der Waals surface area contributed by atoms with Crippen LogP contribution in [0.1, 0.15) is 76.5 Å². The summed E-state index contributed by atoms with van der Waals surface area (Å²) in [5, 5.41) is 3.82. The van der Waals surface area contributed by atoms with E-state index in [0.29, 0.717) is 12.1 Å². The minimum Gasteiger partial charge on any atom is -0.307 e. The maximum atomic E-state index is 3.82. The molecule has 1 saturated carbocycles. The van der Waals surface area contributed by atoms with Gasteiger partial charge in [0.15, 0.2) is 0 Å². The maximum absolute atomic E-state index is 3.82. The molecule has 1 fully saturated rings. The van der Waals surface area contributed by atoms with Gasteiger partial charge in [0.25, 0.3) is 0 Å². The lowest BCUT2D eigenvalue weighted by Gasteiger charge is -2.31. The zero-order valence-electron chi connectivity index (χ0n) is 13.5. The average Bonchev–Trinajstić information content (AvgIpc) is 2.49. The van der Waals surface area contributed by atoms with Crippen LogP contribution in [0.4, 0.5) is 0 Å². The van der Waals surface area contributed by atoms with E-state index in [1.165, 1.54) is 56.1 Å². The summed E-state index contributed by atoms with van der Waals surface area (Å²) in [5.41, 5.74) is 2.89. The van der Waals surface area contributed by atoms with Crippen LogP contribution in [0.25, 0.3) is 0 Å². The second-order valence-electron chi connectivity index (χ2n) is 6.57. The van der Waals surface area contributed by atoms with Crippen molar-refractivity contribution in [3.05, 3.63) is 35.4 Å². The Morgan fingerprint density at radius 2 is 1.70 bits per heavy atom. The lowest BCUT2D eigenvalue weighted by molar-refractivity contribution is 0.268. The topological polar surface area (TPSA) is 12.0 Å². The van der Waals surface area contributed by atoms with Crippen molar-refractivity contribution in [3.63, 3.8) is 0 Å². The first-order valence-electron chi connectivity index (χ1n) is 8.55. The zero-order chi connectivity index (χ0) is 14.4. The smallest absolute Gasteiger partial charge is 0.0294 e. The molecule has 2 rings (SSSR count). The molecule has 0 spiro atoms. The molecule has 2 atom stereocenters. The van der Waals surface area contributed by atoms with Gasteiger partial charge in [-0.1, -0.05) is 56.9 Å². The molecule has 0 radical (unpaired) electrons. The fourth-order valence-corrected chi connectivity index (χ4v) is 3.52. The lowest BCUT2D eigenvalue weighted by atomic mass is 9.84. The summed E-state index contributed by atoms with van der Waals surface area (Å²) in [6.45, 7) is 6.91. The quantitative estimate of drug-likeness (QED) is 0.745. The van der Waals surface area contributed by atoms with E-state index in [9.17, 15) is 0 Å². The van der Waals surface area contributed by atoms with Crippen molar-refractivity contribution in [2.75, 3.05) is 0 Å². The first-order chi connectivity index (χ1) is 9.70. The summed E-state index contributed by atoms with van der Waals surface area (Å²) >= 11 is 0. The minimum absolute atomic E-state index is 0.461. The van der Waals surface area contributed by atoms with Crippen LogP contribution in [0.2, 0.25) is 0 Å². The third-order valence-electron chi connectivity index (χ3n) is 4.89. The minimum atomic E-state index is 0.461. The predicted molar refractivity (Wildman–Crippen MR) is 88.0 cm³/mol. The van der Waals surface area contributed by atoms with Crippen molar-refractivity contribution >= 4 is 0 Å². The number of benzene rings is 1. The summed E-state index contributed by atoms with van der Waals surface area (Å²) in [6.07, 6.45) is 9.55. The van der Waals surface area contributed by atoms with Gasteiger partial charge in [-0.2, -0.15) is 0 Å². The number of rotatable bonds is 6. The molecule has 0 saturated heterocycles. The van der Waals surface area contributed by atoms with Gasteiger partial charge in [-0.15, -0.1) is 0 Å². The van der Waals surface area contributed by atoms with Gasteiger partial charge in [-0.05, 0) is 50.2 Å². The number of hydrogen-bond acceptors (Lipinski definition) is 1. The number of aryl methyl sites for hydroxylation is 1. The normalized spacial score (nSPS) is 19.8. The van der Waals surface area contributed by atoms with Crippen molar-refractivity contribution in [1.29, 1.82) is 0 Å². The van der Waals surface area contributed by atoms with E-state index in [2.05, 4.69) is 50.4 Å². The van der Waals surface area contributed by atoms with Crippen molar-refractivity contribution in [2.24, 2.45) is 5.92 Å². The molecular formula is C19H31N. The fourth-order valence-electron chi connectivity index (χ4n) is 3.52. The van der Waals surface area contributed by atoms with Gasteiger partial charge in [0, 0.05) is 12.1 Å². The molecule has 1 aromatic carbocycles. The summed E-state index contributed by atoms with van der Waals surface area (Å²) in [6, 6.07) is 10.3. The molecule has 0 aliphatic heterocycles. The van der Waals surface area contributed by atoms with Crippen LogP contribution in [0, 0.1) is 5.92 Å². The molecule has 0 aromatic heterocycles. The van der Waals surface area contributed by atoms with Crippen LogP contribution in [-0.2, 0) is 6.42 Å². The monoisotopic (exact) mass is 273 g/mol. The molecule has 0 bridgehead atoms. The van der Waals surface area contributed by atoms with Gasteiger partial charge in [0.2, 0.25) is 0 Å². The first-order valence-corrected chi connectivity index (χ1v) is 8.55. The van der Waals surface area contributed by atoms with E-state index in [1.807, 2.05) is 0 Å². The number of hydrogen-bond donors (Lipinski definition) is 1. The highest BCUT2D eigenvalue weighted by Crippen LogP contribution is 2.27. The molecule has 112 valence electrons. The van der Waals surface area contributed by atoms with Crippen molar-refractivity contribution in [1.82, 2.24) is 5.32 Å². The molecule has 1 heteroatoms. The van der Waals surface area contributed by atoms with E-state index < -0.39 is 0 Å². The Labute approximate surface area is 125 Å². The van der Waals surface area contributed by atoms with Crippen LogP contribution in [-0.4, -0.2) is 6.04 Å². The Bertz CT molecular complexity index is 375. The van der Waals surface area contributed by atoms with Gasteiger partial charge in [0.1, 0.15) is 0 Å². The predicted octanol–water partition coefficient (Wildman–Crippen LogP) is 5.26. The summed E-state index contributed by atoms with van der Waals surface area (Å²) in [7, 11) is 0. The van der Waals surface area contributed by atoms with Gasteiger partial charge < -0.3 is 5.32 Å².